The predicted molar refractivity (Wildman–Crippen MR) is 68.8 cm³/mol. The summed E-state index contributed by atoms with van der Waals surface area (Å²) in [5.41, 5.74) is 0.154. The standard InChI is InChI=1S/C14H17NO3/c1-11(16)15-14(2,10-9-13(17)18-3)12-7-5-4-6-8-12/h4-10H,1-3H3,(H,15,16)/b10-9+. The molecule has 0 spiro atoms. The largest absolute Gasteiger partial charge is 0.466 e. The van der Waals surface area contributed by atoms with Gasteiger partial charge in [-0.2, -0.15) is 0 Å². The van der Waals surface area contributed by atoms with Gasteiger partial charge in [0, 0.05) is 13.0 Å². The van der Waals surface area contributed by atoms with Crippen molar-refractivity contribution in [3.63, 3.8) is 0 Å². The number of rotatable bonds is 4. The van der Waals surface area contributed by atoms with Crippen LogP contribution in [-0.4, -0.2) is 19.0 Å². The number of esters is 1. The fraction of sp³-hybridized carbons (Fsp3) is 0.286. The van der Waals surface area contributed by atoms with Gasteiger partial charge in [-0.1, -0.05) is 30.3 Å². The molecule has 1 amide bonds. The van der Waals surface area contributed by atoms with Crippen LogP contribution in [-0.2, 0) is 19.9 Å². The first-order chi connectivity index (χ1) is 8.48. The zero-order valence-electron chi connectivity index (χ0n) is 10.8. The first-order valence-corrected chi connectivity index (χ1v) is 5.59. The Labute approximate surface area is 107 Å². The summed E-state index contributed by atoms with van der Waals surface area (Å²) in [5.74, 6) is -0.627. The summed E-state index contributed by atoms with van der Waals surface area (Å²) in [6, 6.07) is 9.42. The lowest BCUT2D eigenvalue weighted by Gasteiger charge is -2.27. The Bertz CT molecular complexity index is 453. The van der Waals surface area contributed by atoms with Gasteiger partial charge >= 0.3 is 5.97 Å². The molecule has 0 aliphatic carbocycles. The zero-order chi connectivity index (χ0) is 13.6. The summed E-state index contributed by atoms with van der Waals surface area (Å²) in [6.07, 6.45) is 2.93. The van der Waals surface area contributed by atoms with Crippen molar-refractivity contribution in [2.24, 2.45) is 0 Å². The molecule has 0 bridgehead atoms. The number of nitrogens with one attached hydrogen (secondary N) is 1. The van der Waals surface area contributed by atoms with Gasteiger partial charge in [0.1, 0.15) is 0 Å². The minimum atomic E-state index is -0.735. The van der Waals surface area contributed by atoms with Gasteiger partial charge < -0.3 is 10.1 Å². The highest BCUT2D eigenvalue weighted by Gasteiger charge is 2.24. The summed E-state index contributed by atoms with van der Waals surface area (Å²) in [5, 5.41) is 2.82. The third-order valence-corrected chi connectivity index (χ3v) is 2.56. The van der Waals surface area contributed by atoms with Gasteiger partial charge in [-0.15, -0.1) is 0 Å². The average molecular weight is 247 g/mol. The Morgan fingerprint density at radius 3 is 2.39 bits per heavy atom. The van der Waals surface area contributed by atoms with Crippen LogP contribution in [0.3, 0.4) is 0 Å². The summed E-state index contributed by atoms with van der Waals surface area (Å²) >= 11 is 0. The molecule has 0 aromatic heterocycles. The zero-order valence-corrected chi connectivity index (χ0v) is 10.8. The molecular formula is C14H17NO3. The number of hydrogen-bond acceptors (Lipinski definition) is 3. The van der Waals surface area contributed by atoms with Crippen molar-refractivity contribution >= 4 is 11.9 Å². The summed E-state index contributed by atoms with van der Waals surface area (Å²) in [6.45, 7) is 3.26. The molecule has 1 N–H and O–H groups in total. The Kier molecular flexibility index (Phi) is 4.66. The molecule has 4 nitrogen and oxygen atoms in total. The first-order valence-electron chi connectivity index (χ1n) is 5.59. The van der Waals surface area contributed by atoms with Crippen molar-refractivity contribution < 1.29 is 14.3 Å². The van der Waals surface area contributed by atoms with E-state index in [-0.39, 0.29) is 5.91 Å². The Morgan fingerprint density at radius 1 is 1.28 bits per heavy atom. The normalized spacial score (nSPS) is 13.9. The van der Waals surface area contributed by atoms with Gasteiger partial charge in [0.05, 0.1) is 12.6 Å². The number of amides is 1. The van der Waals surface area contributed by atoms with Crippen LogP contribution >= 0.6 is 0 Å². The lowest BCUT2D eigenvalue weighted by molar-refractivity contribution is -0.135. The molecule has 0 aliphatic rings. The molecule has 0 fully saturated rings. The Morgan fingerprint density at radius 2 is 1.89 bits per heavy atom. The molecule has 0 saturated heterocycles. The fourth-order valence-electron chi connectivity index (χ4n) is 1.66. The second kappa shape index (κ2) is 6.00. The maximum Gasteiger partial charge on any atom is 0.330 e. The van der Waals surface area contributed by atoms with Crippen LogP contribution in [0.1, 0.15) is 19.4 Å². The van der Waals surface area contributed by atoms with Crippen LogP contribution in [0.5, 0.6) is 0 Å². The first kappa shape index (κ1) is 14.0. The van der Waals surface area contributed by atoms with Crippen LogP contribution in [0.4, 0.5) is 0 Å². The SMILES string of the molecule is COC(=O)/C=C/C(C)(NC(C)=O)c1ccccc1. The summed E-state index contributed by atoms with van der Waals surface area (Å²) < 4.78 is 4.55. The van der Waals surface area contributed by atoms with E-state index in [9.17, 15) is 9.59 Å². The fourth-order valence-corrected chi connectivity index (χ4v) is 1.66. The van der Waals surface area contributed by atoms with Crippen molar-refractivity contribution in [1.29, 1.82) is 0 Å². The number of benzene rings is 1. The van der Waals surface area contributed by atoms with E-state index in [2.05, 4.69) is 10.1 Å². The van der Waals surface area contributed by atoms with Gasteiger partial charge in [-0.05, 0) is 18.6 Å². The lowest BCUT2D eigenvalue weighted by atomic mass is 9.91. The molecule has 4 heteroatoms. The number of carbonyl (C=O) groups excluding carboxylic acids is 2. The van der Waals surface area contributed by atoms with Crippen LogP contribution in [0.15, 0.2) is 42.5 Å². The van der Waals surface area contributed by atoms with Crippen LogP contribution < -0.4 is 5.32 Å². The third-order valence-electron chi connectivity index (χ3n) is 2.56. The van der Waals surface area contributed by atoms with Crippen molar-refractivity contribution in [3.8, 4) is 0 Å². The van der Waals surface area contributed by atoms with E-state index < -0.39 is 11.5 Å². The molecule has 96 valence electrons. The minimum absolute atomic E-state index is 0.170. The van der Waals surface area contributed by atoms with Crippen LogP contribution in [0.25, 0.3) is 0 Å². The maximum atomic E-state index is 11.3. The minimum Gasteiger partial charge on any atom is -0.466 e. The van der Waals surface area contributed by atoms with E-state index in [1.54, 1.807) is 6.08 Å². The number of carbonyl (C=O) groups is 2. The van der Waals surface area contributed by atoms with Crippen molar-refractivity contribution in [2.75, 3.05) is 7.11 Å². The van der Waals surface area contributed by atoms with Gasteiger partial charge in [0.15, 0.2) is 0 Å². The molecule has 0 aliphatic heterocycles. The smallest absolute Gasteiger partial charge is 0.330 e. The van der Waals surface area contributed by atoms with Crippen molar-refractivity contribution in [2.45, 2.75) is 19.4 Å². The monoisotopic (exact) mass is 247 g/mol. The number of hydrogen-bond donors (Lipinski definition) is 1. The Balaban J connectivity index is 3.07. The molecular weight excluding hydrogens is 230 g/mol. The van der Waals surface area contributed by atoms with Gasteiger partial charge in [0.25, 0.3) is 0 Å². The molecule has 0 radical (unpaired) electrons. The van der Waals surface area contributed by atoms with E-state index in [4.69, 9.17) is 0 Å². The number of methoxy groups -OCH3 is 1. The van der Waals surface area contributed by atoms with Gasteiger partial charge in [-0.3, -0.25) is 4.79 Å². The summed E-state index contributed by atoms with van der Waals surface area (Å²) in [7, 11) is 1.31. The molecule has 0 saturated carbocycles. The highest BCUT2D eigenvalue weighted by molar-refractivity contribution is 5.82. The lowest BCUT2D eigenvalue weighted by Crippen LogP contribution is -2.40. The molecule has 1 unspecified atom stereocenters. The molecule has 1 atom stereocenters. The van der Waals surface area contributed by atoms with Gasteiger partial charge in [0.2, 0.25) is 5.91 Å². The number of ether oxygens (including phenoxy) is 1. The topological polar surface area (TPSA) is 55.4 Å². The van der Waals surface area contributed by atoms with E-state index in [0.717, 1.165) is 5.56 Å². The third kappa shape index (κ3) is 3.73. The maximum absolute atomic E-state index is 11.3. The van der Waals surface area contributed by atoms with E-state index in [1.165, 1.54) is 20.1 Å². The van der Waals surface area contributed by atoms with Crippen LogP contribution in [0.2, 0.25) is 0 Å². The van der Waals surface area contributed by atoms with E-state index in [1.807, 2.05) is 37.3 Å². The molecule has 0 heterocycles. The average Bonchev–Trinajstić information content (AvgIpc) is 2.36. The van der Waals surface area contributed by atoms with E-state index in [0.29, 0.717) is 0 Å². The molecule has 1 aromatic rings. The molecule has 18 heavy (non-hydrogen) atoms. The molecule has 1 rings (SSSR count). The Hall–Kier alpha value is -2.10. The molecule has 1 aromatic carbocycles. The quantitative estimate of drug-likeness (QED) is 0.651. The highest BCUT2D eigenvalue weighted by atomic mass is 16.5. The predicted octanol–water partition coefficient (Wildman–Crippen LogP) is 1.77. The second-order valence-electron chi connectivity index (χ2n) is 4.11. The van der Waals surface area contributed by atoms with E-state index >= 15 is 0 Å². The second-order valence-corrected chi connectivity index (χ2v) is 4.11. The van der Waals surface area contributed by atoms with Crippen molar-refractivity contribution in [1.82, 2.24) is 5.32 Å². The van der Waals surface area contributed by atoms with Gasteiger partial charge in [-0.25, -0.2) is 4.79 Å². The summed E-state index contributed by atoms with van der Waals surface area (Å²) in [4.78, 5) is 22.4. The van der Waals surface area contributed by atoms with Crippen molar-refractivity contribution in [3.05, 3.63) is 48.0 Å². The van der Waals surface area contributed by atoms with Crippen LogP contribution in [0, 0.1) is 0 Å². The highest BCUT2D eigenvalue weighted by Crippen LogP contribution is 2.22.